The molecule has 0 amide bonds. The van der Waals surface area contributed by atoms with Gasteiger partial charge in [0.1, 0.15) is 0 Å². The van der Waals surface area contributed by atoms with Crippen LogP contribution in [-0.2, 0) is 6.54 Å². The lowest BCUT2D eigenvalue weighted by Crippen LogP contribution is -2.04. The number of hydrogen-bond donors (Lipinski definition) is 0. The van der Waals surface area contributed by atoms with Crippen molar-refractivity contribution in [3.63, 3.8) is 0 Å². The van der Waals surface area contributed by atoms with E-state index >= 15 is 0 Å². The Kier molecular flexibility index (Phi) is 4.72. The number of azide groups is 1. The Morgan fingerprint density at radius 2 is 1.67 bits per heavy atom. The third kappa shape index (κ3) is 3.22. The third-order valence-electron chi connectivity index (χ3n) is 3.66. The zero-order chi connectivity index (χ0) is 17.1. The Morgan fingerprint density at radius 3 is 2.33 bits per heavy atom. The lowest BCUT2D eigenvalue weighted by atomic mass is 9.99. The van der Waals surface area contributed by atoms with Crippen LogP contribution in [0.1, 0.15) is 21.5 Å². The smallest absolute Gasteiger partial charge is 0.196 e. The molecule has 0 fully saturated rings. The van der Waals surface area contributed by atoms with Gasteiger partial charge in [-0.1, -0.05) is 64.7 Å². The summed E-state index contributed by atoms with van der Waals surface area (Å²) in [7, 11) is 0. The summed E-state index contributed by atoms with van der Waals surface area (Å²) in [6, 6.07) is 16.4. The molecule has 4 nitrogen and oxygen atoms in total. The highest BCUT2D eigenvalue weighted by Gasteiger charge is 2.18. The molecule has 0 saturated heterocycles. The SMILES string of the molecule is [N-]=[N+]=NCc1cc(Cl)c(C(=O)c2ccc3ccccc3c2)c(Cl)c1. The molecule has 0 unspecified atom stereocenters. The van der Waals surface area contributed by atoms with Gasteiger partial charge >= 0.3 is 0 Å². The quantitative estimate of drug-likeness (QED) is 0.238. The van der Waals surface area contributed by atoms with E-state index in [1.807, 2.05) is 36.4 Å². The van der Waals surface area contributed by atoms with Gasteiger partial charge in [0, 0.05) is 10.5 Å². The standard InChI is InChI=1S/C18H11Cl2N3O/c19-15-7-11(10-22-23-21)8-16(20)17(15)18(24)14-6-5-12-3-1-2-4-13(12)9-14/h1-9H,10H2. The normalized spacial score (nSPS) is 10.4. The van der Waals surface area contributed by atoms with Crippen LogP contribution in [0.3, 0.4) is 0 Å². The van der Waals surface area contributed by atoms with Crippen LogP contribution in [0.15, 0.2) is 59.7 Å². The van der Waals surface area contributed by atoms with E-state index in [9.17, 15) is 4.79 Å². The van der Waals surface area contributed by atoms with Crippen LogP contribution in [0.25, 0.3) is 21.2 Å². The Morgan fingerprint density at radius 1 is 1.00 bits per heavy atom. The molecule has 0 atom stereocenters. The van der Waals surface area contributed by atoms with Gasteiger partial charge in [-0.3, -0.25) is 4.79 Å². The molecule has 0 N–H and O–H groups in total. The molecule has 0 aliphatic heterocycles. The predicted octanol–water partition coefficient (Wildman–Crippen LogP) is 6.19. The molecule has 0 heterocycles. The van der Waals surface area contributed by atoms with E-state index in [2.05, 4.69) is 10.0 Å². The number of carbonyl (C=O) groups is 1. The highest BCUT2D eigenvalue weighted by Crippen LogP contribution is 2.30. The van der Waals surface area contributed by atoms with Crippen LogP contribution in [-0.4, -0.2) is 5.78 Å². The van der Waals surface area contributed by atoms with Crippen molar-refractivity contribution in [3.05, 3.63) is 91.8 Å². The highest BCUT2D eigenvalue weighted by atomic mass is 35.5. The van der Waals surface area contributed by atoms with Crippen LogP contribution in [0.4, 0.5) is 0 Å². The predicted molar refractivity (Wildman–Crippen MR) is 96.7 cm³/mol. The Hall–Kier alpha value is -2.52. The van der Waals surface area contributed by atoms with Gasteiger partial charge in [-0.25, -0.2) is 0 Å². The summed E-state index contributed by atoms with van der Waals surface area (Å²) in [6.45, 7) is 0.125. The average Bonchev–Trinajstić information content (AvgIpc) is 2.58. The summed E-state index contributed by atoms with van der Waals surface area (Å²) in [5.41, 5.74) is 9.80. The minimum absolute atomic E-state index is 0.125. The van der Waals surface area contributed by atoms with Crippen molar-refractivity contribution in [1.29, 1.82) is 0 Å². The zero-order valence-corrected chi connectivity index (χ0v) is 13.9. The van der Waals surface area contributed by atoms with Gasteiger partial charge < -0.3 is 0 Å². The van der Waals surface area contributed by atoms with Crippen molar-refractivity contribution in [2.24, 2.45) is 5.11 Å². The zero-order valence-electron chi connectivity index (χ0n) is 12.4. The summed E-state index contributed by atoms with van der Waals surface area (Å²) in [5.74, 6) is -0.244. The molecule has 0 saturated carbocycles. The molecule has 0 aromatic heterocycles. The average molecular weight is 356 g/mol. The fourth-order valence-corrected chi connectivity index (χ4v) is 3.23. The van der Waals surface area contributed by atoms with Crippen molar-refractivity contribution < 1.29 is 4.79 Å². The van der Waals surface area contributed by atoms with E-state index in [-0.39, 0.29) is 27.9 Å². The van der Waals surface area contributed by atoms with E-state index in [4.69, 9.17) is 28.7 Å². The summed E-state index contributed by atoms with van der Waals surface area (Å²) in [5, 5.41) is 5.97. The summed E-state index contributed by atoms with van der Waals surface area (Å²) in [4.78, 5) is 15.5. The van der Waals surface area contributed by atoms with Crippen LogP contribution in [0.2, 0.25) is 10.0 Å². The van der Waals surface area contributed by atoms with E-state index in [1.165, 1.54) is 0 Å². The minimum atomic E-state index is -0.244. The molecular weight excluding hydrogens is 345 g/mol. The van der Waals surface area contributed by atoms with E-state index in [1.54, 1.807) is 18.2 Å². The topological polar surface area (TPSA) is 65.8 Å². The maximum atomic E-state index is 12.8. The van der Waals surface area contributed by atoms with Gasteiger partial charge in [-0.05, 0) is 40.1 Å². The second kappa shape index (κ2) is 6.93. The first-order valence-electron chi connectivity index (χ1n) is 7.12. The van der Waals surface area contributed by atoms with Gasteiger partial charge in [-0.15, -0.1) is 0 Å². The molecule has 3 aromatic carbocycles. The fourth-order valence-electron chi connectivity index (χ4n) is 2.52. The van der Waals surface area contributed by atoms with Gasteiger partial charge in [0.25, 0.3) is 0 Å². The van der Waals surface area contributed by atoms with Gasteiger partial charge in [0.2, 0.25) is 0 Å². The van der Waals surface area contributed by atoms with Crippen LogP contribution < -0.4 is 0 Å². The minimum Gasteiger partial charge on any atom is -0.288 e. The van der Waals surface area contributed by atoms with E-state index < -0.39 is 0 Å². The number of hydrogen-bond acceptors (Lipinski definition) is 2. The fraction of sp³-hybridized carbons (Fsp3) is 0.0556. The molecule has 24 heavy (non-hydrogen) atoms. The molecule has 0 spiro atoms. The molecule has 0 bridgehead atoms. The molecule has 0 radical (unpaired) electrons. The third-order valence-corrected chi connectivity index (χ3v) is 4.25. The molecular formula is C18H11Cl2N3O. The van der Waals surface area contributed by atoms with Crippen LogP contribution >= 0.6 is 23.2 Å². The number of ketones is 1. The number of carbonyl (C=O) groups excluding carboxylic acids is 1. The molecule has 0 aliphatic carbocycles. The second-order valence-corrected chi connectivity index (χ2v) is 6.03. The Bertz CT molecular complexity index is 971. The summed E-state index contributed by atoms with van der Waals surface area (Å²) in [6.07, 6.45) is 0. The maximum absolute atomic E-state index is 12.8. The van der Waals surface area contributed by atoms with Crippen molar-refractivity contribution in [1.82, 2.24) is 0 Å². The van der Waals surface area contributed by atoms with Gasteiger partial charge in [0.15, 0.2) is 5.78 Å². The molecule has 3 rings (SSSR count). The van der Waals surface area contributed by atoms with Crippen molar-refractivity contribution in [2.75, 3.05) is 0 Å². The molecule has 6 heteroatoms. The van der Waals surface area contributed by atoms with Crippen LogP contribution in [0, 0.1) is 0 Å². The van der Waals surface area contributed by atoms with Crippen molar-refractivity contribution >= 4 is 39.8 Å². The monoisotopic (exact) mass is 355 g/mol. The first-order chi connectivity index (χ1) is 11.6. The highest BCUT2D eigenvalue weighted by molar-refractivity contribution is 6.41. The second-order valence-electron chi connectivity index (χ2n) is 5.21. The lowest BCUT2D eigenvalue weighted by Gasteiger charge is -2.09. The summed E-state index contributed by atoms with van der Waals surface area (Å²) < 4.78 is 0. The Labute approximate surface area is 148 Å². The molecule has 0 aliphatic rings. The number of rotatable bonds is 4. The number of nitrogens with zero attached hydrogens (tertiary/aromatic N) is 3. The number of benzene rings is 3. The first kappa shape index (κ1) is 16.3. The molecule has 118 valence electrons. The van der Waals surface area contributed by atoms with Gasteiger partial charge in [-0.2, -0.15) is 0 Å². The van der Waals surface area contributed by atoms with E-state index in [0.717, 1.165) is 10.8 Å². The number of fused-ring (bicyclic) bond motifs is 1. The maximum Gasteiger partial charge on any atom is 0.196 e. The number of halogens is 2. The lowest BCUT2D eigenvalue weighted by molar-refractivity contribution is 0.103. The largest absolute Gasteiger partial charge is 0.288 e. The van der Waals surface area contributed by atoms with Gasteiger partial charge in [0.05, 0.1) is 22.2 Å². The van der Waals surface area contributed by atoms with Crippen molar-refractivity contribution in [3.8, 4) is 0 Å². The Balaban J connectivity index is 2.03. The first-order valence-corrected chi connectivity index (χ1v) is 7.88. The summed E-state index contributed by atoms with van der Waals surface area (Å²) >= 11 is 12.5. The molecule has 3 aromatic rings. The van der Waals surface area contributed by atoms with E-state index in [0.29, 0.717) is 11.1 Å². The van der Waals surface area contributed by atoms with Crippen molar-refractivity contribution in [2.45, 2.75) is 6.54 Å². The van der Waals surface area contributed by atoms with Crippen LogP contribution in [0.5, 0.6) is 0 Å².